The van der Waals surface area contributed by atoms with Crippen molar-refractivity contribution in [3.05, 3.63) is 60.7 Å². The molecular weight excluding hydrogens is 348 g/mol. The van der Waals surface area contributed by atoms with Gasteiger partial charge in [0, 0.05) is 60.5 Å². The van der Waals surface area contributed by atoms with Gasteiger partial charge in [0.1, 0.15) is 11.6 Å². The molecule has 5 rings (SSSR count). The van der Waals surface area contributed by atoms with Crippen molar-refractivity contribution in [1.29, 1.82) is 0 Å². The number of nitrogens with two attached hydrogens (primary N) is 2. The van der Waals surface area contributed by atoms with E-state index in [9.17, 15) is 0 Å². The molecule has 2 aromatic heterocycles. The highest BCUT2D eigenvalue weighted by Crippen LogP contribution is 2.32. The lowest BCUT2D eigenvalue weighted by Crippen LogP contribution is -2.46. The highest BCUT2D eigenvalue weighted by Gasteiger charge is 2.21. The summed E-state index contributed by atoms with van der Waals surface area (Å²) in [6.07, 6.45) is 0. The van der Waals surface area contributed by atoms with E-state index in [1.807, 2.05) is 48.5 Å². The van der Waals surface area contributed by atoms with Crippen molar-refractivity contribution < 1.29 is 0 Å². The van der Waals surface area contributed by atoms with Gasteiger partial charge >= 0.3 is 0 Å². The van der Waals surface area contributed by atoms with Crippen LogP contribution in [0.5, 0.6) is 0 Å². The smallest absolute Gasteiger partial charge is 0.126 e. The summed E-state index contributed by atoms with van der Waals surface area (Å²) < 4.78 is 0. The maximum absolute atomic E-state index is 6.06. The Hall–Kier alpha value is -3.54. The molecule has 0 spiro atoms. The lowest BCUT2D eigenvalue weighted by atomic mass is 10.1. The van der Waals surface area contributed by atoms with E-state index in [4.69, 9.17) is 11.5 Å². The second-order valence-electron chi connectivity index (χ2n) is 7.14. The van der Waals surface area contributed by atoms with Crippen LogP contribution in [0.3, 0.4) is 0 Å². The highest BCUT2D eigenvalue weighted by atomic mass is 15.3. The molecule has 1 aliphatic heterocycles. The normalized spacial score (nSPS) is 14.7. The standard InChI is InChI=1S/C22H22N6/c23-21-13-19(15-5-1-3-7-17(15)25-21)27-9-11-28(12-10-27)20-14-22(24)26-18-8-4-2-6-16(18)20/h1-8,13-14H,9-12H2,(H2,23,25)(H2,24,26). The number of aromatic nitrogens is 2. The van der Waals surface area contributed by atoms with Crippen LogP contribution < -0.4 is 21.3 Å². The first-order valence-electron chi connectivity index (χ1n) is 9.49. The molecule has 0 saturated carbocycles. The Balaban J connectivity index is 1.45. The number of hydrogen-bond acceptors (Lipinski definition) is 6. The molecule has 28 heavy (non-hydrogen) atoms. The van der Waals surface area contributed by atoms with Gasteiger partial charge in [-0.2, -0.15) is 0 Å². The van der Waals surface area contributed by atoms with Crippen molar-refractivity contribution in [3.63, 3.8) is 0 Å². The second-order valence-corrected chi connectivity index (χ2v) is 7.14. The molecule has 4 N–H and O–H groups in total. The van der Waals surface area contributed by atoms with E-state index >= 15 is 0 Å². The van der Waals surface area contributed by atoms with E-state index < -0.39 is 0 Å². The summed E-state index contributed by atoms with van der Waals surface area (Å²) in [6.45, 7) is 3.63. The van der Waals surface area contributed by atoms with Gasteiger partial charge in [0.05, 0.1) is 11.0 Å². The average molecular weight is 370 g/mol. The summed E-state index contributed by atoms with van der Waals surface area (Å²) >= 11 is 0. The fourth-order valence-corrected chi connectivity index (χ4v) is 4.07. The molecule has 6 nitrogen and oxygen atoms in total. The van der Waals surface area contributed by atoms with Crippen molar-refractivity contribution in [2.45, 2.75) is 0 Å². The minimum Gasteiger partial charge on any atom is -0.384 e. The number of nitrogens with zero attached hydrogens (tertiary/aromatic N) is 4. The van der Waals surface area contributed by atoms with E-state index in [1.54, 1.807) is 0 Å². The van der Waals surface area contributed by atoms with Gasteiger partial charge in [-0.3, -0.25) is 0 Å². The second kappa shape index (κ2) is 6.56. The van der Waals surface area contributed by atoms with Gasteiger partial charge in [-0.25, -0.2) is 9.97 Å². The highest BCUT2D eigenvalue weighted by molar-refractivity contribution is 5.95. The van der Waals surface area contributed by atoms with Crippen LogP contribution in [0.2, 0.25) is 0 Å². The Bertz CT molecular complexity index is 1070. The van der Waals surface area contributed by atoms with Crippen LogP contribution in [-0.4, -0.2) is 36.1 Å². The summed E-state index contributed by atoms with van der Waals surface area (Å²) in [4.78, 5) is 13.7. The molecule has 2 aromatic carbocycles. The van der Waals surface area contributed by atoms with E-state index in [0.29, 0.717) is 11.6 Å². The van der Waals surface area contributed by atoms with Gasteiger partial charge in [-0.15, -0.1) is 0 Å². The number of para-hydroxylation sites is 2. The molecule has 0 unspecified atom stereocenters. The molecule has 0 aliphatic carbocycles. The summed E-state index contributed by atoms with van der Waals surface area (Å²) in [6, 6.07) is 20.3. The van der Waals surface area contributed by atoms with E-state index in [-0.39, 0.29) is 0 Å². The monoisotopic (exact) mass is 370 g/mol. The number of nitrogen functional groups attached to an aromatic ring is 2. The molecule has 4 aromatic rings. The fraction of sp³-hybridized carbons (Fsp3) is 0.182. The Kier molecular flexibility index (Phi) is 3.90. The number of rotatable bonds is 2. The van der Waals surface area contributed by atoms with Gasteiger partial charge in [0.25, 0.3) is 0 Å². The van der Waals surface area contributed by atoms with Crippen LogP contribution in [0.15, 0.2) is 60.7 Å². The van der Waals surface area contributed by atoms with Gasteiger partial charge in [-0.1, -0.05) is 36.4 Å². The van der Waals surface area contributed by atoms with Crippen LogP contribution in [0.4, 0.5) is 23.0 Å². The van der Waals surface area contributed by atoms with Gasteiger partial charge < -0.3 is 21.3 Å². The lowest BCUT2D eigenvalue weighted by molar-refractivity contribution is 0.656. The number of anilines is 4. The maximum atomic E-state index is 6.06. The molecule has 3 heterocycles. The zero-order valence-corrected chi connectivity index (χ0v) is 15.5. The molecule has 0 radical (unpaired) electrons. The van der Waals surface area contributed by atoms with E-state index in [0.717, 1.165) is 59.4 Å². The van der Waals surface area contributed by atoms with Crippen molar-refractivity contribution in [3.8, 4) is 0 Å². The number of piperazine rings is 1. The lowest BCUT2D eigenvalue weighted by Gasteiger charge is -2.38. The quantitative estimate of drug-likeness (QED) is 0.563. The minimum atomic E-state index is 0.559. The molecule has 1 saturated heterocycles. The number of fused-ring (bicyclic) bond motifs is 2. The number of pyridine rings is 2. The summed E-state index contributed by atoms with van der Waals surface area (Å²) in [5, 5.41) is 2.28. The Morgan fingerprint density at radius 2 is 1.00 bits per heavy atom. The first-order chi connectivity index (χ1) is 13.7. The van der Waals surface area contributed by atoms with Crippen LogP contribution in [-0.2, 0) is 0 Å². The number of hydrogen-bond donors (Lipinski definition) is 2. The van der Waals surface area contributed by atoms with Crippen molar-refractivity contribution in [1.82, 2.24) is 9.97 Å². The largest absolute Gasteiger partial charge is 0.384 e. The van der Waals surface area contributed by atoms with Gasteiger partial charge in [0.15, 0.2) is 0 Å². The predicted molar refractivity (Wildman–Crippen MR) is 117 cm³/mol. The third-order valence-corrected chi connectivity index (χ3v) is 5.39. The van der Waals surface area contributed by atoms with Gasteiger partial charge in [-0.05, 0) is 12.1 Å². The predicted octanol–water partition coefficient (Wildman–Crippen LogP) is 3.27. The van der Waals surface area contributed by atoms with Crippen molar-refractivity contribution >= 4 is 44.8 Å². The average Bonchev–Trinajstić information content (AvgIpc) is 2.72. The molecule has 0 bridgehead atoms. The minimum absolute atomic E-state index is 0.559. The molecule has 140 valence electrons. The molecule has 0 atom stereocenters. The first-order valence-corrected chi connectivity index (χ1v) is 9.49. The van der Waals surface area contributed by atoms with Crippen LogP contribution in [0, 0.1) is 0 Å². The third-order valence-electron chi connectivity index (χ3n) is 5.39. The Morgan fingerprint density at radius 3 is 1.43 bits per heavy atom. The Morgan fingerprint density at radius 1 is 0.607 bits per heavy atom. The van der Waals surface area contributed by atoms with Crippen molar-refractivity contribution in [2.24, 2.45) is 0 Å². The van der Waals surface area contributed by atoms with Crippen LogP contribution in [0.25, 0.3) is 21.8 Å². The Labute approximate surface area is 163 Å². The summed E-state index contributed by atoms with van der Waals surface area (Å²) in [7, 11) is 0. The van der Waals surface area contributed by atoms with E-state index in [1.165, 1.54) is 0 Å². The molecule has 1 aliphatic rings. The topological polar surface area (TPSA) is 84.3 Å². The van der Waals surface area contributed by atoms with Gasteiger partial charge in [0.2, 0.25) is 0 Å². The zero-order chi connectivity index (χ0) is 19.1. The van der Waals surface area contributed by atoms with Crippen LogP contribution in [0.1, 0.15) is 0 Å². The molecular formula is C22H22N6. The SMILES string of the molecule is Nc1cc(N2CCN(c3cc(N)nc4ccccc34)CC2)c2ccccc2n1. The zero-order valence-electron chi connectivity index (χ0n) is 15.5. The fourth-order valence-electron chi connectivity index (χ4n) is 4.07. The summed E-state index contributed by atoms with van der Waals surface area (Å²) in [5.74, 6) is 1.12. The van der Waals surface area contributed by atoms with E-state index in [2.05, 4.69) is 31.9 Å². The third kappa shape index (κ3) is 2.83. The first kappa shape index (κ1) is 16.6. The molecule has 1 fully saturated rings. The van der Waals surface area contributed by atoms with Crippen LogP contribution >= 0.6 is 0 Å². The molecule has 6 heteroatoms. The van der Waals surface area contributed by atoms with Crippen molar-refractivity contribution in [2.75, 3.05) is 47.4 Å². The molecule has 0 amide bonds. The summed E-state index contributed by atoms with van der Waals surface area (Å²) in [5.41, 5.74) is 16.3. The maximum Gasteiger partial charge on any atom is 0.126 e. The number of benzene rings is 2.